The summed E-state index contributed by atoms with van der Waals surface area (Å²) in [5.41, 5.74) is -0.159. The molecule has 8 heteroatoms. The zero-order chi connectivity index (χ0) is 18.7. The Balaban J connectivity index is 1.95. The van der Waals surface area contributed by atoms with Crippen molar-refractivity contribution in [3.8, 4) is 0 Å². The monoisotopic (exact) mass is 374 g/mol. The molecule has 0 aliphatic carbocycles. The van der Waals surface area contributed by atoms with E-state index in [2.05, 4.69) is 0 Å². The normalized spacial score (nSPS) is 16.5. The molecule has 1 fully saturated rings. The Kier molecular flexibility index (Phi) is 5.32. The van der Waals surface area contributed by atoms with Crippen molar-refractivity contribution in [1.29, 1.82) is 0 Å². The van der Waals surface area contributed by atoms with Crippen molar-refractivity contribution in [3.05, 3.63) is 61.8 Å². The Morgan fingerprint density at radius 2 is 2.12 bits per heavy atom. The fourth-order valence-corrected chi connectivity index (χ4v) is 4.00. The maximum Gasteiger partial charge on any atom is 0.338 e. The van der Waals surface area contributed by atoms with E-state index in [9.17, 15) is 19.7 Å². The molecule has 1 unspecified atom stereocenters. The first kappa shape index (κ1) is 18.1. The molecule has 0 bridgehead atoms. The Bertz CT molecular complexity index is 834. The number of benzene rings is 1. The Morgan fingerprint density at radius 1 is 1.35 bits per heavy atom. The molecule has 1 aliphatic heterocycles. The van der Waals surface area contributed by atoms with Crippen LogP contribution in [0.4, 0.5) is 5.69 Å². The van der Waals surface area contributed by atoms with E-state index >= 15 is 0 Å². The smallest absolute Gasteiger partial charge is 0.338 e. The van der Waals surface area contributed by atoms with Crippen molar-refractivity contribution >= 4 is 28.9 Å². The van der Waals surface area contributed by atoms with E-state index in [4.69, 9.17) is 4.74 Å². The number of carbonyl (C=O) groups excluding carboxylic acids is 2. The largest absolute Gasteiger partial charge is 0.462 e. The zero-order valence-electron chi connectivity index (χ0n) is 14.2. The molecule has 1 aromatic carbocycles. The van der Waals surface area contributed by atoms with Crippen LogP contribution >= 0.6 is 11.3 Å². The third-order valence-electron chi connectivity index (χ3n) is 4.27. The second kappa shape index (κ2) is 7.65. The predicted molar refractivity (Wildman–Crippen MR) is 96.4 cm³/mol. The average molecular weight is 374 g/mol. The van der Waals surface area contributed by atoms with Gasteiger partial charge in [-0.15, -0.1) is 11.3 Å². The molecular formula is C18H18N2O5S. The summed E-state index contributed by atoms with van der Waals surface area (Å²) in [6.07, 6.45) is 1.72. The SMILES string of the molecule is CCOC(=O)c1cc(C(=O)N2CCCC2c2cccs2)cc([N+](=O)[O-])c1. The van der Waals surface area contributed by atoms with Gasteiger partial charge in [0.1, 0.15) is 0 Å². The summed E-state index contributed by atoms with van der Waals surface area (Å²) in [5, 5.41) is 13.2. The number of rotatable bonds is 5. The summed E-state index contributed by atoms with van der Waals surface area (Å²) < 4.78 is 4.92. The quantitative estimate of drug-likeness (QED) is 0.451. The van der Waals surface area contributed by atoms with Crippen LogP contribution in [0.3, 0.4) is 0 Å². The number of thiophene rings is 1. The molecular weight excluding hydrogens is 356 g/mol. The first-order chi connectivity index (χ1) is 12.5. The van der Waals surface area contributed by atoms with E-state index in [1.54, 1.807) is 23.2 Å². The molecule has 1 atom stereocenters. The van der Waals surface area contributed by atoms with E-state index in [0.29, 0.717) is 6.54 Å². The number of carbonyl (C=O) groups is 2. The summed E-state index contributed by atoms with van der Waals surface area (Å²) >= 11 is 1.58. The summed E-state index contributed by atoms with van der Waals surface area (Å²) in [6, 6.07) is 7.61. The van der Waals surface area contributed by atoms with E-state index in [1.807, 2.05) is 17.5 Å². The van der Waals surface area contributed by atoms with Crippen LogP contribution in [0.2, 0.25) is 0 Å². The fraction of sp³-hybridized carbons (Fsp3) is 0.333. The van der Waals surface area contributed by atoms with Gasteiger partial charge in [0, 0.05) is 29.1 Å². The molecule has 2 aromatic rings. The maximum absolute atomic E-state index is 13.0. The van der Waals surface area contributed by atoms with Crippen molar-refractivity contribution < 1.29 is 19.2 Å². The number of non-ortho nitro benzene ring substituents is 1. The lowest BCUT2D eigenvalue weighted by atomic mass is 10.1. The van der Waals surface area contributed by atoms with Crippen LogP contribution in [0.15, 0.2) is 35.7 Å². The molecule has 1 amide bonds. The van der Waals surface area contributed by atoms with Gasteiger partial charge >= 0.3 is 5.97 Å². The van der Waals surface area contributed by atoms with Gasteiger partial charge in [-0.05, 0) is 37.3 Å². The van der Waals surface area contributed by atoms with Gasteiger partial charge in [0.25, 0.3) is 11.6 Å². The molecule has 136 valence electrons. The van der Waals surface area contributed by atoms with Gasteiger partial charge in [-0.2, -0.15) is 0 Å². The lowest BCUT2D eigenvalue weighted by Crippen LogP contribution is -2.30. The van der Waals surface area contributed by atoms with Crippen LogP contribution in [0, 0.1) is 10.1 Å². The molecule has 1 saturated heterocycles. The Labute approximate surface area is 154 Å². The Morgan fingerprint density at radius 3 is 2.77 bits per heavy atom. The van der Waals surface area contributed by atoms with Crippen molar-refractivity contribution in [3.63, 3.8) is 0 Å². The number of nitro groups is 1. The molecule has 3 rings (SSSR count). The van der Waals surface area contributed by atoms with Crippen molar-refractivity contribution in [2.45, 2.75) is 25.8 Å². The molecule has 1 aromatic heterocycles. The van der Waals surface area contributed by atoms with Gasteiger partial charge in [0.2, 0.25) is 0 Å². The van der Waals surface area contributed by atoms with E-state index in [-0.39, 0.29) is 35.4 Å². The summed E-state index contributed by atoms with van der Waals surface area (Å²) in [6.45, 7) is 2.38. The number of ether oxygens (including phenoxy) is 1. The van der Waals surface area contributed by atoms with Crippen LogP contribution < -0.4 is 0 Å². The predicted octanol–water partition coefficient (Wildman–Crippen LogP) is 3.81. The average Bonchev–Trinajstić information content (AvgIpc) is 3.31. The molecule has 0 saturated carbocycles. The van der Waals surface area contributed by atoms with Crippen molar-refractivity contribution in [2.24, 2.45) is 0 Å². The number of nitro benzene ring substituents is 1. The highest BCUT2D eigenvalue weighted by molar-refractivity contribution is 7.10. The second-order valence-corrected chi connectivity index (χ2v) is 6.90. The van der Waals surface area contributed by atoms with E-state index in [1.165, 1.54) is 12.1 Å². The van der Waals surface area contributed by atoms with E-state index in [0.717, 1.165) is 23.8 Å². The van der Waals surface area contributed by atoms with Crippen molar-refractivity contribution in [1.82, 2.24) is 4.90 Å². The molecule has 0 spiro atoms. The van der Waals surface area contributed by atoms with Crippen LogP contribution in [0.1, 0.15) is 51.4 Å². The summed E-state index contributed by atoms with van der Waals surface area (Å²) in [4.78, 5) is 38.4. The highest BCUT2D eigenvalue weighted by atomic mass is 32.1. The number of esters is 1. The van der Waals surface area contributed by atoms with Crippen LogP contribution in [-0.2, 0) is 4.74 Å². The first-order valence-electron chi connectivity index (χ1n) is 8.32. The minimum atomic E-state index is -0.679. The highest BCUT2D eigenvalue weighted by Crippen LogP contribution is 2.35. The molecule has 2 heterocycles. The van der Waals surface area contributed by atoms with Gasteiger partial charge in [0.05, 0.1) is 23.1 Å². The number of hydrogen-bond acceptors (Lipinski definition) is 6. The lowest BCUT2D eigenvalue weighted by Gasteiger charge is -2.24. The Hall–Kier alpha value is -2.74. The van der Waals surface area contributed by atoms with Gasteiger partial charge in [-0.3, -0.25) is 14.9 Å². The van der Waals surface area contributed by atoms with Crippen LogP contribution in [0.5, 0.6) is 0 Å². The number of amides is 1. The van der Waals surface area contributed by atoms with E-state index < -0.39 is 10.9 Å². The van der Waals surface area contributed by atoms with Crippen molar-refractivity contribution in [2.75, 3.05) is 13.2 Å². The molecule has 1 aliphatic rings. The number of hydrogen-bond donors (Lipinski definition) is 0. The summed E-state index contributed by atoms with van der Waals surface area (Å²) in [7, 11) is 0. The summed E-state index contributed by atoms with van der Waals surface area (Å²) in [5.74, 6) is -0.989. The standard InChI is InChI=1S/C18H18N2O5S/c1-2-25-18(22)13-9-12(10-14(11-13)20(23)24)17(21)19-7-3-5-15(19)16-6-4-8-26-16/h4,6,8-11,15H,2-3,5,7H2,1H3. The molecule has 0 radical (unpaired) electrons. The van der Waals surface area contributed by atoms with Gasteiger partial charge in [-0.25, -0.2) is 4.79 Å². The zero-order valence-corrected chi connectivity index (χ0v) is 15.0. The van der Waals surface area contributed by atoms with Crippen LogP contribution in [-0.4, -0.2) is 34.9 Å². The second-order valence-electron chi connectivity index (χ2n) is 5.92. The minimum Gasteiger partial charge on any atom is -0.462 e. The van der Waals surface area contributed by atoms with Gasteiger partial charge in [-0.1, -0.05) is 6.07 Å². The molecule has 26 heavy (non-hydrogen) atoms. The lowest BCUT2D eigenvalue weighted by molar-refractivity contribution is -0.384. The first-order valence-corrected chi connectivity index (χ1v) is 9.20. The number of nitrogens with zero attached hydrogens (tertiary/aromatic N) is 2. The maximum atomic E-state index is 13.0. The van der Waals surface area contributed by atoms with Crippen LogP contribution in [0.25, 0.3) is 0 Å². The topological polar surface area (TPSA) is 89.8 Å². The molecule has 7 nitrogen and oxygen atoms in total. The fourth-order valence-electron chi connectivity index (χ4n) is 3.12. The minimum absolute atomic E-state index is 0.0104. The molecule has 0 N–H and O–H groups in total. The number of likely N-dealkylation sites (tertiary alicyclic amines) is 1. The third kappa shape index (κ3) is 3.60. The van der Waals surface area contributed by atoms with Gasteiger partial charge in [0.15, 0.2) is 0 Å². The highest BCUT2D eigenvalue weighted by Gasteiger charge is 2.32. The third-order valence-corrected chi connectivity index (χ3v) is 5.25. The van der Waals surface area contributed by atoms with Gasteiger partial charge < -0.3 is 9.64 Å².